The maximum atomic E-state index is 13.5. The summed E-state index contributed by atoms with van der Waals surface area (Å²) in [5.74, 6) is 0.201. The van der Waals surface area contributed by atoms with Gasteiger partial charge in [-0.15, -0.1) is 0 Å². The number of carbonyl (C=O) groups is 3. The van der Waals surface area contributed by atoms with Crippen LogP contribution in [0.3, 0.4) is 0 Å². The highest BCUT2D eigenvalue weighted by Gasteiger charge is 2.43. The molecular weight excluding hydrogens is 380 g/mol. The second kappa shape index (κ2) is 7.94. The van der Waals surface area contributed by atoms with Gasteiger partial charge in [0.15, 0.2) is 0 Å². The summed E-state index contributed by atoms with van der Waals surface area (Å²) < 4.78 is 5.22. The summed E-state index contributed by atoms with van der Waals surface area (Å²) in [7, 11) is 1.61. The number of amides is 3. The molecule has 0 saturated heterocycles. The Morgan fingerprint density at radius 1 is 1.03 bits per heavy atom. The summed E-state index contributed by atoms with van der Waals surface area (Å²) in [4.78, 5) is 42.1. The van der Waals surface area contributed by atoms with Crippen molar-refractivity contribution in [1.29, 1.82) is 0 Å². The largest absolute Gasteiger partial charge is 0.497 e. The molecule has 1 heterocycles. The van der Waals surface area contributed by atoms with Crippen molar-refractivity contribution in [2.75, 3.05) is 7.11 Å². The van der Waals surface area contributed by atoms with E-state index in [-0.39, 0.29) is 11.9 Å². The number of benzene rings is 2. The predicted octanol–water partition coefficient (Wildman–Crippen LogP) is 3.51. The molecule has 6 nitrogen and oxygen atoms in total. The van der Waals surface area contributed by atoms with Crippen molar-refractivity contribution >= 4 is 17.7 Å². The van der Waals surface area contributed by atoms with Crippen LogP contribution in [-0.4, -0.2) is 46.7 Å². The van der Waals surface area contributed by atoms with Gasteiger partial charge >= 0.3 is 0 Å². The highest BCUT2D eigenvalue weighted by atomic mass is 16.5. The minimum atomic E-state index is -0.864. The molecule has 156 valence electrons. The number of methoxy groups -OCH3 is 1. The van der Waals surface area contributed by atoms with E-state index < -0.39 is 17.9 Å². The molecule has 1 saturated carbocycles. The lowest BCUT2D eigenvalue weighted by Crippen LogP contribution is -2.52. The van der Waals surface area contributed by atoms with Crippen LogP contribution in [0.15, 0.2) is 48.5 Å². The number of ether oxygens (including phenoxy) is 1. The van der Waals surface area contributed by atoms with Crippen LogP contribution in [0.1, 0.15) is 53.0 Å². The fourth-order valence-corrected chi connectivity index (χ4v) is 4.09. The molecule has 2 unspecified atom stereocenters. The summed E-state index contributed by atoms with van der Waals surface area (Å²) in [5.41, 5.74) is 1.70. The van der Waals surface area contributed by atoms with E-state index in [4.69, 9.17) is 4.74 Å². The third kappa shape index (κ3) is 3.58. The number of hydrogen-bond acceptors (Lipinski definition) is 4. The lowest BCUT2D eigenvalue weighted by atomic mass is 10.1. The number of fused-ring (bicyclic) bond motifs is 1. The third-order valence-corrected chi connectivity index (χ3v) is 6.16. The zero-order valence-corrected chi connectivity index (χ0v) is 17.5. The van der Waals surface area contributed by atoms with Crippen LogP contribution in [-0.2, 0) is 11.3 Å². The van der Waals surface area contributed by atoms with Gasteiger partial charge in [-0.2, -0.15) is 0 Å². The highest BCUT2D eigenvalue weighted by molar-refractivity contribution is 6.22. The zero-order chi connectivity index (χ0) is 21.4. The second-order valence-electron chi connectivity index (χ2n) is 8.09. The molecular formula is C24H26N2O4. The number of rotatable bonds is 7. The van der Waals surface area contributed by atoms with Gasteiger partial charge in [0.05, 0.1) is 18.2 Å². The number of nitrogens with zero attached hydrogens (tertiary/aromatic N) is 2. The topological polar surface area (TPSA) is 66.9 Å². The molecule has 0 radical (unpaired) electrons. The molecule has 1 fully saturated rings. The molecule has 0 aromatic heterocycles. The molecule has 2 aromatic carbocycles. The van der Waals surface area contributed by atoms with Gasteiger partial charge in [0.2, 0.25) is 5.91 Å². The van der Waals surface area contributed by atoms with Gasteiger partial charge < -0.3 is 9.64 Å². The lowest BCUT2D eigenvalue weighted by molar-refractivity contribution is -0.138. The standard InChI is InChI=1S/C24H26N2O4/c1-15(18-10-11-18)25(14-17-8-12-19(30-3)13-9-17)22(27)16(2)26-23(28)20-6-4-5-7-21(20)24(26)29/h4-9,12-13,15-16,18H,10-11,14H2,1-3H3. The van der Waals surface area contributed by atoms with Gasteiger partial charge in [0.1, 0.15) is 11.8 Å². The smallest absolute Gasteiger partial charge is 0.262 e. The van der Waals surface area contributed by atoms with Crippen molar-refractivity contribution in [3.05, 3.63) is 65.2 Å². The summed E-state index contributed by atoms with van der Waals surface area (Å²) in [6.45, 7) is 4.12. The molecule has 1 aliphatic heterocycles. The minimum Gasteiger partial charge on any atom is -0.497 e. The molecule has 4 rings (SSSR count). The van der Waals surface area contributed by atoms with Crippen LogP contribution in [0.4, 0.5) is 0 Å². The number of imide groups is 1. The first-order valence-electron chi connectivity index (χ1n) is 10.3. The molecule has 6 heteroatoms. The van der Waals surface area contributed by atoms with E-state index in [1.54, 1.807) is 38.3 Å². The van der Waals surface area contributed by atoms with E-state index in [1.165, 1.54) is 0 Å². The van der Waals surface area contributed by atoms with Crippen molar-refractivity contribution in [1.82, 2.24) is 9.80 Å². The van der Waals surface area contributed by atoms with Gasteiger partial charge in [-0.25, -0.2) is 0 Å². The van der Waals surface area contributed by atoms with E-state index in [2.05, 4.69) is 0 Å². The van der Waals surface area contributed by atoms with Gasteiger partial charge in [-0.3, -0.25) is 19.3 Å². The maximum absolute atomic E-state index is 13.5. The summed E-state index contributed by atoms with van der Waals surface area (Å²) >= 11 is 0. The SMILES string of the molecule is COc1ccc(CN(C(=O)C(C)N2C(=O)c3ccccc3C2=O)C(C)C2CC2)cc1. The molecule has 0 bridgehead atoms. The van der Waals surface area contributed by atoms with Crippen LogP contribution < -0.4 is 4.74 Å². The van der Waals surface area contributed by atoms with Crippen molar-refractivity contribution in [2.45, 2.75) is 45.3 Å². The Kier molecular flexibility index (Phi) is 5.33. The van der Waals surface area contributed by atoms with Crippen molar-refractivity contribution < 1.29 is 19.1 Å². The van der Waals surface area contributed by atoms with Crippen molar-refractivity contribution in [3.8, 4) is 5.75 Å². The molecule has 2 atom stereocenters. The first-order valence-corrected chi connectivity index (χ1v) is 10.3. The summed E-state index contributed by atoms with van der Waals surface area (Å²) in [6.07, 6.45) is 2.18. The first kappa shape index (κ1) is 20.1. The normalized spacial score (nSPS) is 17.5. The fraction of sp³-hybridized carbons (Fsp3) is 0.375. The summed E-state index contributed by atoms with van der Waals surface area (Å²) in [5, 5.41) is 0. The van der Waals surface area contributed by atoms with Crippen molar-refractivity contribution in [2.24, 2.45) is 5.92 Å². The van der Waals surface area contributed by atoms with Crippen LogP contribution in [0, 0.1) is 5.92 Å². The van der Waals surface area contributed by atoms with E-state index in [0.29, 0.717) is 23.6 Å². The van der Waals surface area contributed by atoms with E-state index >= 15 is 0 Å². The van der Waals surface area contributed by atoms with E-state index in [0.717, 1.165) is 29.1 Å². The quantitative estimate of drug-likeness (QED) is 0.660. The number of carbonyl (C=O) groups excluding carboxylic acids is 3. The Hall–Kier alpha value is -3.15. The second-order valence-corrected chi connectivity index (χ2v) is 8.09. The highest BCUT2D eigenvalue weighted by Crippen LogP contribution is 2.36. The van der Waals surface area contributed by atoms with Crippen LogP contribution in [0.2, 0.25) is 0 Å². The first-order chi connectivity index (χ1) is 14.4. The Balaban J connectivity index is 1.58. The van der Waals surface area contributed by atoms with Gasteiger partial charge in [-0.05, 0) is 62.4 Å². The zero-order valence-electron chi connectivity index (χ0n) is 17.5. The Morgan fingerprint density at radius 2 is 1.60 bits per heavy atom. The summed E-state index contributed by atoms with van der Waals surface area (Å²) in [6, 6.07) is 13.5. The van der Waals surface area contributed by atoms with Gasteiger partial charge in [-0.1, -0.05) is 24.3 Å². The lowest BCUT2D eigenvalue weighted by Gasteiger charge is -2.34. The third-order valence-electron chi connectivity index (χ3n) is 6.16. The van der Waals surface area contributed by atoms with Crippen LogP contribution in [0.25, 0.3) is 0 Å². The average molecular weight is 406 g/mol. The minimum absolute atomic E-state index is 0.0391. The molecule has 30 heavy (non-hydrogen) atoms. The monoisotopic (exact) mass is 406 g/mol. The van der Waals surface area contributed by atoms with Gasteiger partial charge in [0, 0.05) is 12.6 Å². The van der Waals surface area contributed by atoms with Crippen LogP contribution in [0.5, 0.6) is 5.75 Å². The Morgan fingerprint density at radius 3 is 2.10 bits per heavy atom. The predicted molar refractivity (Wildman–Crippen MR) is 112 cm³/mol. The maximum Gasteiger partial charge on any atom is 0.262 e. The van der Waals surface area contributed by atoms with E-state index in [1.807, 2.05) is 36.1 Å². The Bertz CT molecular complexity index is 946. The molecule has 3 amide bonds. The molecule has 2 aliphatic rings. The molecule has 0 N–H and O–H groups in total. The number of hydrogen-bond donors (Lipinski definition) is 0. The molecule has 0 spiro atoms. The van der Waals surface area contributed by atoms with Crippen LogP contribution >= 0.6 is 0 Å². The fourth-order valence-electron chi connectivity index (χ4n) is 4.09. The Labute approximate surface area is 176 Å². The molecule has 1 aliphatic carbocycles. The van der Waals surface area contributed by atoms with E-state index in [9.17, 15) is 14.4 Å². The van der Waals surface area contributed by atoms with Gasteiger partial charge in [0.25, 0.3) is 11.8 Å². The average Bonchev–Trinajstić information content (AvgIpc) is 3.59. The van der Waals surface area contributed by atoms with Crippen molar-refractivity contribution in [3.63, 3.8) is 0 Å². The molecule has 2 aromatic rings.